The molecule has 5 nitrogen and oxygen atoms in total. The van der Waals surface area contributed by atoms with Gasteiger partial charge < -0.3 is 14.6 Å². The molecule has 1 aliphatic carbocycles. The second-order valence-electron chi connectivity index (χ2n) is 7.81. The van der Waals surface area contributed by atoms with Gasteiger partial charge in [-0.05, 0) is 50.5 Å². The summed E-state index contributed by atoms with van der Waals surface area (Å²) in [7, 11) is 0. The van der Waals surface area contributed by atoms with Crippen LogP contribution in [-0.4, -0.2) is 60.0 Å². The topological polar surface area (TPSA) is 59.0 Å². The number of benzene rings is 1. The van der Waals surface area contributed by atoms with Crippen molar-refractivity contribution in [2.75, 3.05) is 13.2 Å². The number of amides is 1. The number of aliphatic hydroxyl groups excluding tert-OH is 1. The third kappa shape index (κ3) is 5.20. The predicted octanol–water partition coefficient (Wildman–Crippen LogP) is 3.95. The molecule has 1 N–H and O–H groups in total. The fourth-order valence-corrected chi connectivity index (χ4v) is 4.37. The number of halogens is 2. The molecular formula is C21H29F2NO4. The molecule has 1 saturated heterocycles. The molecule has 1 amide bonds. The number of rotatable bonds is 6. The van der Waals surface area contributed by atoms with E-state index in [0.29, 0.717) is 12.3 Å². The first-order chi connectivity index (χ1) is 13.5. The predicted molar refractivity (Wildman–Crippen MR) is 100 cm³/mol. The quantitative estimate of drug-likeness (QED) is 0.790. The Kier molecular flexibility index (Phi) is 7.24. The van der Waals surface area contributed by atoms with Gasteiger partial charge in [-0.3, -0.25) is 4.90 Å². The summed E-state index contributed by atoms with van der Waals surface area (Å²) in [5.41, 5.74) is 1.36. The summed E-state index contributed by atoms with van der Waals surface area (Å²) in [4.78, 5) is 13.5. The zero-order valence-corrected chi connectivity index (χ0v) is 16.2. The summed E-state index contributed by atoms with van der Waals surface area (Å²) in [6.07, 6.45) is 0.139. The van der Waals surface area contributed by atoms with Crippen molar-refractivity contribution in [2.45, 2.75) is 75.7 Å². The summed E-state index contributed by atoms with van der Waals surface area (Å²) in [6, 6.07) is 9.61. The largest absolute Gasteiger partial charge is 0.443 e. The maximum Gasteiger partial charge on any atom is 0.410 e. The van der Waals surface area contributed by atoms with Crippen LogP contribution >= 0.6 is 0 Å². The van der Waals surface area contributed by atoms with E-state index in [1.165, 1.54) is 10.5 Å². The molecular weight excluding hydrogens is 368 g/mol. The van der Waals surface area contributed by atoms with E-state index >= 15 is 0 Å². The number of carbonyl (C=O) groups excluding carboxylic acids is 1. The highest BCUT2D eigenvalue weighted by Crippen LogP contribution is 2.34. The molecule has 0 bridgehead atoms. The number of carbonyl (C=O) groups is 1. The molecule has 2 aliphatic rings. The Morgan fingerprint density at radius 1 is 1.21 bits per heavy atom. The average Bonchev–Trinajstić information content (AvgIpc) is 2.98. The average molecular weight is 397 g/mol. The minimum Gasteiger partial charge on any atom is -0.443 e. The molecule has 1 saturated carbocycles. The summed E-state index contributed by atoms with van der Waals surface area (Å²) in [5.74, 6) is 0.541. The Morgan fingerprint density at radius 2 is 1.89 bits per heavy atom. The SMILES string of the molecule is C[C@@H]1CC(O)[C@H](COC2CCC(c3ccccc3)CC2)N1C(=O)OCC(F)F. The fraction of sp³-hybridized carbons (Fsp3) is 0.667. The van der Waals surface area contributed by atoms with E-state index in [2.05, 4.69) is 29.0 Å². The number of nitrogens with zero attached hydrogens (tertiary/aromatic N) is 1. The highest BCUT2D eigenvalue weighted by Gasteiger charge is 2.42. The third-order valence-corrected chi connectivity index (χ3v) is 5.85. The molecule has 3 atom stereocenters. The molecule has 1 aliphatic heterocycles. The normalized spacial score (nSPS) is 30.6. The number of hydrogen-bond acceptors (Lipinski definition) is 4. The number of aliphatic hydroxyl groups is 1. The van der Waals surface area contributed by atoms with Crippen molar-refractivity contribution in [3.05, 3.63) is 35.9 Å². The van der Waals surface area contributed by atoms with Gasteiger partial charge in [0.25, 0.3) is 6.43 Å². The van der Waals surface area contributed by atoms with Gasteiger partial charge in [0.1, 0.15) is 0 Å². The zero-order valence-electron chi connectivity index (χ0n) is 16.2. The Morgan fingerprint density at radius 3 is 2.54 bits per heavy atom. The van der Waals surface area contributed by atoms with E-state index < -0.39 is 31.3 Å². The molecule has 3 rings (SSSR count). The van der Waals surface area contributed by atoms with Gasteiger partial charge in [0.2, 0.25) is 0 Å². The minimum atomic E-state index is -2.71. The minimum absolute atomic E-state index is 0.0852. The molecule has 28 heavy (non-hydrogen) atoms. The van der Waals surface area contributed by atoms with E-state index in [-0.39, 0.29) is 18.8 Å². The lowest BCUT2D eigenvalue weighted by molar-refractivity contribution is -0.0315. The van der Waals surface area contributed by atoms with Crippen LogP contribution in [0.5, 0.6) is 0 Å². The van der Waals surface area contributed by atoms with Crippen molar-refractivity contribution in [2.24, 2.45) is 0 Å². The van der Waals surface area contributed by atoms with Gasteiger partial charge in [-0.1, -0.05) is 30.3 Å². The lowest BCUT2D eigenvalue weighted by Gasteiger charge is -2.32. The Balaban J connectivity index is 1.49. The number of likely N-dealkylation sites (tertiary alicyclic amines) is 1. The van der Waals surface area contributed by atoms with Crippen LogP contribution in [0.1, 0.15) is 50.5 Å². The van der Waals surface area contributed by atoms with E-state index in [4.69, 9.17) is 4.74 Å². The third-order valence-electron chi connectivity index (χ3n) is 5.85. The van der Waals surface area contributed by atoms with Crippen LogP contribution < -0.4 is 0 Å². The van der Waals surface area contributed by atoms with Crippen molar-refractivity contribution in [3.63, 3.8) is 0 Å². The van der Waals surface area contributed by atoms with Gasteiger partial charge in [0.15, 0.2) is 6.61 Å². The highest BCUT2D eigenvalue weighted by molar-refractivity contribution is 5.69. The van der Waals surface area contributed by atoms with Gasteiger partial charge in [-0.25, -0.2) is 13.6 Å². The van der Waals surface area contributed by atoms with Crippen molar-refractivity contribution >= 4 is 6.09 Å². The van der Waals surface area contributed by atoms with Gasteiger partial charge in [0, 0.05) is 6.04 Å². The standard InChI is InChI=1S/C21H29F2NO4/c1-14-11-19(25)18(24(14)21(26)28-13-20(22)23)12-27-17-9-7-16(8-10-17)15-5-3-2-4-6-15/h2-6,14,16-20,25H,7-13H2,1H3/t14-,16?,17?,18+,19?/m1/s1. The van der Waals surface area contributed by atoms with E-state index in [1.54, 1.807) is 6.92 Å². The monoisotopic (exact) mass is 397 g/mol. The fourth-order valence-electron chi connectivity index (χ4n) is 4.37. The molecule has 1 heterocycles. The molecule has 2 fully saturated rings. The lowest BCUT2D eigenvalue weighted by Crippen LogP contribution is -2.46. The van der Waals surface area contributed by atoms with Crippen LogP contribution in [0.15, 0.2) is 30.3 Å². The maximum atomic E-state index is 12.3. The number of hydrogen-bond donors (Lipinski definition) is 1. The second kappa shape index (κ2) is 9.65. The maximum absolute atomic E-state index is 12.3. The summed E-state index contributed by atoms with van der Waals surface area (Å²) in [5, 5.41) is 10.3. The van der Waals surface area contributed by atoms with Crippen LogP contribution in [0.2, 0.25) is 0 Å². The molecule has 156 valence electrons. The molecule has 0 aromatic heterocycles. The first kappa shape index (κ1) is 21.0. The molecule has 1 aromatic carbocycles. The van der Waals surface area contributed by atoms with E-state index in [0.717, 1.165) is 25.7 Å². The van der Waals surface area contributed by atoms with Gasteiger partial charge in [0.05, 0.1) is 24.9 Å². The molecule has 0 spiro atoms. The Bertz CT molecular complexity index is 622. The van der Waals surface area contributed by atoms with Gasteiger partial charge >= 0.3 is 6.09 Å². The second-order valence-corrected chi connectivity index (χ2v) is 7.81. The molecule has 7 heteroatoms. The van der Waals surface area contributed by atoms with Crippen LogP contribution in [0.4, 0.5) is 13.6 Å². The van der Waals surface area contributed by atoms with Crippen LogP contribution in [0, 0.1) is 0 Å². The molecule has 0 radical (unpaired) electrons. The summed E-state index contributed by atoms with van der Waals surface area (Å²) in [6.45, 7) is 1.03. The van der Waals surface area contributed by atoms with Crippen molar-refractivity contribution in [1.29, 1.82) is 0 Å². The zero-order chi connectivity index (χ0) is 20.1. The van der Waals surface area contributed by atoms with Crippen molar-refractivity contribution < 1.29 is 28.2 Å². The summed E-state index contributed by atoms with van der Waals surface area (Å²) >= 11 is 0. The van der Waals surface area contributed by atoms with Crippen molar-refractivity contribution in [1.82, 2.24) is 4.90 Å². The van der Waals surface area contributed by atoms with Crippen molar-refractivity contribution in [3.8, 4) is 0 Å². The molecule has 1 aromatic rings. The van der Waals surface area contributed by atoms with E-state index in [1.807, 2.05) is 6.07 Å². The Hall–Kier alpha value is -1.73. The Labute approximate surface area is 164 Å². The summed E-state index contributed by atoms with van der Waals surface area (Å²) < 4.78 is 35.3. The van der Waals surface area contributed by atoms with Gasteiger partial charge in [-0.15, -0.1) is 0 Å². The highest BCUT2D eigenvalue weighted by atomic mass is 19.3. The first-order valence-corrected chi connectivity index (χ1v) is 10.0. The smallest absolute Gasteiger partial charge is 0.410 e. The number of ether oxygens (including phenoxy) is 2. The number of alkyl halides is 2. The van der Waals surface area contributed by atoms with Crippen LogP contribution in [0.25, 0.3) is 0 Å². The lowest BCUT2D eigenvalue weighted by atomic mass is 9.83. The molecule has 1 unspecified atom stereocenters. The van der Waals surface area contributed by atoms with Crippen LogP contribution in [0.3, 0.4) is 0 Å². The first-order valence-electron chi connectivity index (χ1n) is 10.0. The van der Waals surface area contributed by atoms with Gasteiger partial charge in [-0.2, -0.15) is 0 Å². The van der Waals surface area contributed by atoms with E-state index in [9.17, 15) is 18.7 Å². The van der Waals surface area contributed by atoms with Crippen LogP contribution in [-0.2, 0) is 9.47 Å².